The van der Waals surface area contributed by atoms with E-state index in [1.807, 2.05) is 42.5 Å². The Kier molecular flexibility index (Phi) is 45.7. The molecule has 6 nitrogen and oxygen atoms in total. The summed E-state index contributed by atoms with van der Waals surface area (Å²) in [6.45, 7) is 6.35. The number of esters is 1. The predicted octanol–water partition coefficient (Wildman–Crippen LogP) is 15.2. The van der Waals surface area contributed by atoms with Crippen molar-refractivity contribution in [1.82, 2.24) is 5.32 Å². The Labute approximate surface area is 376 Å². The number of aliphatic hydroxyl groups excluding tert-OH is 2. The molecule has 0 saturated carbocycles. The molecular formula is C55H95NO5. The van der Waals surface area contributed by atoms with Crippen LogP contribution in [0.25, 0.3) is 0 Å². The highest BCUT2D eigenvalue weighted by Crippen LogP contribution is 2.17. The second-order valence-corrected chi connectivity index (χ2v) is 17.0. The van der Waals surface area contributed by atoms with Crippen LogP contribution in [0.3, 0.4) is 0 Å². The molecule has 6 heteroatoms. The standard InChI is InChI=1S/C55H95NO5/c1-4-7-10-13-16-19-22-25-26-27-30-31-34-37-40-43-46-51(61-55(60)48-45-42-39-36-33-29-24-21-18-15-12-9-6-3)49-54(59)56-52(50-57)53(58)47-44-41-38-35-32-28-23-20-17-14-11-8-5-2/h10,13,16,19,22,25-27,29-31,33,39,42,51-53,57-58H,4-9,11-12,14-15,17-18,20-21,23-24,28,32,34-38,40-41,43-50H2,1-3H3,(H,56,59)/b13-10+,19-16+,25-22+,27-26+,31-30+,33-29-,42-39+. The molecule has 0 saturated heterocycles. The molecule has 1 amide bonds. The van der Waals surface area contributed by atoms with Crippen molar-refractivity contribution in [3.8, 4) is 0 Å². The number of allylic oxidation sites excluding steroid dienone is 14. The fraction of sp³-hybridized carbons (Fsp3) is 0.709. The summed E-state index contributed by atoms with van der Waals surface area (Å²) in [7, 11) is 0. The summed E-state index contributed by atoms with van der Waals surface area (Å²) < 4.78 is 5.87. The van der Waals surface area contributed by atoms with Crippen LogP contribution >= 0.6 is 0 Å². The van der Waals surface area contributed by atoms with Gasteiger partial charge in [-0.15, -0.1) is 0 Å². The number of aliphatic hydroxyl groups is 2. The molecule has 0 aliphatic rings. The van der Waals surface area contributed by atoms with Crippen LogP contribution in [0.2, 0.25) is 0 Å². The van der Waals surface area contributed by atoms with E-state index in [0.717, 1.165) is 64.2 Å². The first kappa shape index (κ1) is 58.0. The lowest BCUT2D eigenvalue weighted by atomic mass is 10.0. The highest BCUT2D eigenvalue weighted by molar-refractivity contribution is 5.77. The lowest BCUT2D eigenvalue weighted by Gasteiger charge is -2.24. The van der Waals surface area contributed by atoms with Gasteiger partial charge in [0, 0.05) is 6.42 Å². The second-order valence-electron chi connectivity index (χ2n) is 17.0. The first-order valence-corrected chi connectivity index (χ1v) is 25.4. The highest BCUT2D eigenvalue weighted by atomic mass is 16.5. The molecule has 0 heterocycles. The second kappa shape index (κ2) is 48.1. The van der Waals surface area contributed by atoms with Gasteiger partial charge in [-0.1, -0.05) is 234 Å². The van der Waals surface area contributed by atoms with Crippen LogP contribution in [-0.2, 0) is 14.3 Å². The molecule has 0 spiro atoms. The van der Waals surface area contributed by atoms with Gasteiger partial charge in [-0.25, -0.2) is 0 Å². The molecule has 0 bridgehead atoms. The van der Waals surface area contributed by atoms with E-state index in [1.54, 1.807) is 0 Å². The van der Waals surface area contributed by atoms with Crippen LogP contribution in [-0.4, -0.2) is 46.9 Å². The van der Waals surface area contributed by atoms with Crippen LogP contribution in [0.1, 0.15) is 226 Å². The van der Waals surface area contributed by atoms with Crippen molar-refractivity contribution >= 4 is 11.9 Å². The number of hydrogen-bond donors (Lipinski definition) is 3. The van der Waals surface area contributed by atoms with Crippen molar-refractivity contribution in [2.24, 2.45) is 0 Å². The number of carbonyl (C=O) groups excluding carboxylic acids is 2. The first-order chi connectivity index (χ1) is 30.0. The van der Waals surface area contributed by atoms with Crippen molar-refractivity contribution in [2.75, 3.05) is 6.61 Å². The van der Waals surface area contributed by atoms with Gasteiger partial charge in [0.15, 0.2) is 0 Å². The van der Waals surface area contributed by atoms with E-state index in [4.69, 9.17) is 4.74 Å². The summed E-state index contributed by atoms with van der Waals surface area (Å²) in [6.07, 6.45) is 62.1. The Morgan fingerprint density at radius 2 is 0.934 bits per heavy atom. The van der Waals surface area contributed by atoms with Crippen LogP contribution in [0.5, 0.6) is 0 Å². The van der Waals surface area contributed by atoms with Gasteiger partial charge in [-0.2, -0.15) is 0 Å². The van der Waals surface area contributed by atoms with Crippen molar-refractivity contribution in [2.45, 2.75) is 244 Å². The van der Waals surface area contributed by atoms with Crippen molar-refractivity contribution in [3.63, 3.8) is 0 Å². The lowest BCUT2D eigenvalue weighted by Crippen LogP contribution is -2.46. The minimum Gasteiger partial charge on any atom is -0.462 e. The van der Waals surface area contributed by atoms with Crippen molar-refractivity contribution < 1.29 is 24.5 Å². The van der Waals surface area contributed by atoms with Crippen LogP contribution in [0.15, 0.2) is 85.1 Å². The van der Waals surface area contributed by atoms with Gasteiger partial charge in [0.2, 0.25) is 5.91 Å². The molecule has 3 atom stereocenters. The quantitative estimate of drug-likeness (QED) is 0.0246. The summed E-state index contributed by atoms with van der Waals surface area (Å²) >= 11 is 0. The lowest BCUT2D eigenvalue weighted by molar-refractivity contribution is -0.150. The molecule has 0 radical (unpaired) electrons. The summed E-state index contributed by atoms with van der Waals surface area (Å²) in [6, 6.07) is -0.730. The van der Waals surface area contributed by atoms with Gasteiger partial charge in [-0.05, 0) is 64.2 Å². The molecule has 0 fully saturated rings. The molecule has 0 aliphatic heterocycles. The summed E-state index contributed by atoms with van der Waals surface area (Å²) in [5.41, 5.74) is 0. The third kappa shape index (κ3) is 43.5. The number of ether oxygens (including phenoxy) is 1. The monoisotopic (exact) mass is 850 g/mol. The number of unbranched alkanes of at least 4 members (excludes halogenated alkanes) is 22. The first-order valence-electron chi connectivity index (χ1n) is 25.4. The van der Waals surface area contributed by atoms with E-state index in [2.05, 4.69) is 68.6 Å². The van der Waals surface area contributed by atoms with Crippen LogP contribution < -0.4 is 5.32 Å². The summed E-state index contributed by atoms with van der Waals surface area (Å²) in [5, 5.41) is 23.7. The molecule has 61 heavy (non-hydrogen) atoms. The minimum atomic E-state index is -0.812. The largest absolute Gasteiger partial charge is 0.462 e. The van der Waals surface area contributed by atoms with Gasteiger partial charge >= 0.3 is 5.97 Å². The number of carbonyl (C=O) groups is 2. The number of amides is 1. The minimum absolute atomic E-state index is 0.0232. The summed E-state index contributed by atoms with van der Waals surface area (Å²) in [5.74, 6) is -0.601. The third-order valence-electron chi connectivity index (χ3n) is 11.1. The van der Waals surface area contributed by atoms with E-state index in [0.29, 0.717) is 19.3 Å². The maximum Gasteiger partial charge on any atom is 0.306 e. The van der Waals surface area contributed by atoms with E-state index >= 15 is 0 Å². The SMILES string of the molecule is CCC/C=C/C=C/C=C/C=C/C=C/CCCCCC(CC(=O)NC(CO)C(O)CCCCCCCCCCCCCCC)OC(=O)CC/C=C/C/C=C\CCCCCCCC. The third-order valence-corrected chi connectivity index (χ3v) is 11.1. The maximum atomic E-state index is 13.2. The van der Waals surface area contributed by atoms with E-state index in [1.165, 1.54) is 109 Å². The van der Waals surface area contributed by atoms with Crippen molar-refractivity contribution in [3.05, 3.63) is 85.1 Å². The Bertz CT molecular complexity index is 1180. The van der Waals surface area contributed by atoms with Gasteiger partial charge in [0.05, 0.1) is 25.2 Å². The van der Waals surface area contributed by atoms with Gasteiger partial charge in [0.25, 0.3) is 0 Å². The average molecular weight is 850 g/mol. The molecule has 0 aromatic rings. The zero-order chi connectivity index (χ0) is 44.5. The zero-order valence-corrected chi connectivity index (χ0v) is 39.8. The molecule has 0 aromatic carbocycles. The van der Waals surface area contributed by atoms with Gasteiger partial charge in [0.1, 0.15) is 6.10 Å². The molecule has 3 unspecified atom stereocenters. The number of rotatable bonds is 44. The normalized spacial score (nSPS) is 14.0. The van der Waals surface area contributed by atoms with Gasteiger partial charge < -0.3 is 20.3 Å². The highest BCUT2D eigenvalue weighted by Gasteiger charge is 2.24. The molecular weight excluding hydrogens is 755 g/mol. The number of hydrogen-bond acceptors (Lipinski definition) is 5. The average Bonchev–Trinajstić information content (AvgIpc) is 3.25. The van der Waals surface area contributed by atoms with Crippen molar-refractivity contribution in [1.29, 1.82) is 0 Å². The maximum absolute atomic E-state index is 13.2. The molecule has 3 N–H and O–H groups in total. The fourth-order valence-electron chi connectivity index (χ4n) is 7.22. The molecule has 0 rings (SSSR count). The van der Waals surface area contributed by atoms with E-state index in [-0.39, 0.29) is 31.3 Å². The molecule has 0 aliphatic carbocycles. The Balaban J connectivity index is 4.77. The van der Waals surface area contributed by atoms with E-state index in [9.17, 15) is 19.8 Å². The zero-order valence-electron chi connectivity index (χ0n) is 39.8. The Morgan fingerprint density at radius 3 is 1.48 bits per heavy atom. The van der Waals surface area contributed by atoms with Crippen LogP contribution in [0.4, 0.5) is 0 Å². The Morgan fingerprint density at radius 1 is 0.492 bits per heavy atom. The predicted molar refractivity (Wildman–Crippen MR) is 264 cm³/mol. The topological polar surface area (TPSA) is 95.9 Å². The van der Waals surface area contributed by atoms with Gasteiger partial charge in [-0.3, -0.25) is 9.59 Å². The smallest absolute Gasteiger partial charge is 0.306 e. The fourth-order valence-corrected chi connectivity index (χ4v) is 7.22. The molecule has 0 aromatic heterocycles. The Hall–Kier alpha value is -2.96. The number of nitrogens with one attached hydrogen (secondary N) is 1. The van der Waals surface area contributed by atoms with E-state index < -0.39 is 18.2 Å². The van der Waals surface area contributed by atoms with Crippen LogP contribution in [0, 0.1) is 0 Å². The summed E-state index contributed by atoms with van der Waals surface area (Å²) in [4.78, 5) is 26.1. The molecule has 350 valence electrons.